The van der Waals surface area contributed by atoms with E-state index in [1.165, 1.54) is 11.3 Å². The minimum absolute atomic E-state index is 0.0308. The van der Waals surface area contributed by atoms with Crippen LogP contribution in [0, 0.1) is 0 Å². The first-order chi connectivity index (χ1) is 11.6. The van der Waals surface area contributed by atoms with Gasteiger partial charge in [-0.15, -0.1) is 0 Å². The highest BCUT2D eigenvalue weighted by atomic mass is 35.5. The predicted molar refractivity (Wildman–Crippen MR) is 94.4 cm³/mol. The first-order valence-electron chi connectivity index (χ1n) is 8.17. The Balaban J connectivity index is 1.69. The van der Waals surface area contributed by atoms with Crippen LogP contribution in [0.1, 0.15) is 41.6 Å². The van der Waals surface area contributed by atoms with Crippen LogP contribution in [-0.2, 0) is 13.0 Å². The molecule has 0 aliphatic carbocycles. The molecule has 0 saturated heterocycles. The SMILES string of the molecule is CC(C)n1nccc1C(=O)N1CCc2[nH]c3c(Cl)cccc3c2C1. The third-order valence-electron chi connectivity index (χ3n) is 4.63. The molecule has 6 heteroatoms. The van der Waals surface area contributed by atoms with Crippen LogP contribution in [0.5, 0.6) is 0 Å². The lowest BCUT2D eigenvalue weighted by Crippen LogP contribution is -2.37. The molecule has 5 nitrogen and oxygen atoms in total. The first kappa shape index (κ1) is 15.3. The average molecular weight is 343 g/mol. The zero-order chi connectivity index (χ0) is 16.8. The van der Waals surface area contributed by atoms with Crippen molar-refractivity contribution in [3.05, 3.63) is 52.4 Å². The number of nitrogens with one attached hydrogen (secondary N) is 1. The number of hydrogen-bond donors (Lipinski definition) is 1. The average Bonchev–Trinajstić information content (AvgIpc) is 3.19. The summed E-state index contributed by atoms with van der Waals surface area (Å²) in [7, 11) is 0. The minimum atomic E-state index is 0.0308. The van der Waals surface area contributed by atoms with Crippen molar-refractivity contribution in [3.8, 4) is 0 Å². The second kappa shape index (κ2) is 5.67. The molecular weight excluding hydrogens is 324 g/mol. The van der Waals surface area contributed by atoms with Gasteiger partial charge in [0, 0.05) is 48.4 Å². The van der Waals surface area contributed by atoms with Crippen molar-refractivity contribution in [1.82, 2.24) is 19.7 Å². The van der Waals surface area contributed by atoms with E-state index in [2.05, 4.69) is 16.1 Å². The number of H-pyrrole nitrogens is 1. The fraction of sp³-hybridized carbons (Fsp3) is 0.333. The molecule has 124 valence electrons. The zero-order valence-electron chi connectivity index (χ0n) is 13.7. The van der Waals surface area contributed by atoms with Gasteiger partial charge in [0.2, 0.25) is 0 Å². The predicted octanol–water partition coefficient (Wildman–Crippen LogP) is 3.80. The van der Waals surface area contributed by atoms with Gasteiger partial charge in [-0.3, -0.25) is 9.48 Å². The van der Waals surface area contributed by atoms with Gasteiger partial charge in [0.15, 0.2) is 0 Å². The molecule has 4 rings (SSSR count). The third kappa shape index (κ3) is 2.31. The van der Waals surface area contributed by atoms with Crippen LogP contribution >= 0.6 is 11.6 Å². The molecule has 0 bridgehead atoms. The Labute approximate surface area is 145 Å². The molecule has 24 heavy (non-hydrogen) atoms. The van der Waals surface area contributed by atoms with Crippen molar-refractivity contribution in [3.63, 3.8) is 0 Å². The van der Waals surface area contributed by atoms with Crippen molar-refractivity contribution in [1.29, 1.82) is 0 Å². The number of aromatic nitrogens is 3. The largest absolute Gasteiger partial charge is 0.357 e. The van der Waals surface area contributed by atoms with Gasteiger partial charge >= 0.3 is 0 Å². The molecule has 1 N–H and O–H groups in total. The second-order valence-electron chi connectivity index (χ2n) is 6.48. The van der Waals surface area contributed by atoms with Gasteiger partial charge < -0.3 is 9.88 Å². The zero-order valence-corrected chi connectivity index (χ0v) is 14.5. The summed E-state index contributed by atoms with van der Waals surface area (Å²) in [5.41, 5.74) is 3.96. The molecule has 3 aromatic rings. The summed E-state index contributed by atoms with van der Waals surface area (Å²) in [6, 6.07) is 7.85. The van der Waals surface area contributed by atoms with Crippen molar-refractivity contribution in [2.45, 2.75) is 32.9 Å². The number of carbonyl (C=O) groups is 1. The number of rotatable bonds is 2. The number of nitrogens with zero attached hydrogens (tertiary/aromatic N) is 3. The number of carbonyl (C=O) groups excluding carboxylic acids is 1. The molecule has 0 fully saturated rings. The molecule has 3 heterocycles. The second-order valence-corrected chi connectivity index (χ2v) is 6.88. The van der Waals surface area contributed by atoms with Crippen molar-refractivity contribution < 1.29 is 4.79 Å². The lowest BCUT2D eigenvalue weighted by atomic mass is 10.0. The van der Waals surface area contributed by atoms with E-state index in [0.717, 1.165) is 22.3 Å². The van der Waals surface area contributed by atoms with E-state index < -0.39 is 0 Å². The van der Waals surface area contributed by atoms with Crippen LogP contribution < -0.4 is 0 Å². The van der Waals surface area contributed by atoms with Crippen molar-refractivity contribution >= 4 is 28.4 Å². The van der Waals surface area contributed by atoms with Gasteiger partial charge in [0.05, 0.1) is 10.5 Å². The highest BCUT2D eigenvalue weighted by molar-refractivity contribution is 6.35. The fourth-order valence-electron chi connectivity index (χ4n) is 3.43. The van der Waals surface area contributed by atoms with E-state index in [9.17, 15) is 4.79 Å². The Hall–Kier alpha value is -2.27. The summed E-state index contributed by atoms with van der Waals surface area (Å²) in [5, 5.41) is 6.10. The van der Waals surface area contributed by atoms with Crippen molar-refractivity contribution in [2.75, 3.05) is 6.54 Å². The molecular formula is C18H19ClN4O. The van der Waals surface area contributed by atoms with E-state index in [4.69, 9.17) is 11.6 Å². The summed E-state index contributed by atoms with van der Waals surface area (Å²) >= 11 is 6.29. The number of fused-ring (bicyclic) bond motifs is 3. The van der Waals surface area contributed by atoms with E-state index in [-0.39, 0.29) is 11.9 Å². The maximum absolute atomic E-state index is 12.9. The Kier molecular flexibility index (Phi) is 3.61. The Morgan fingerprint density at radius 2 is 2.17 bits per heavy atom. The molecule has 1 aliphatic heterocycles. The lowest BCUT2D eigenvalue weighted by molar-refractivity contribution is 0.0720. The van der Waals surface area contributed by atoms with Gasteiger partial charge in [-0.05, 0) is 26.0 Å². The minimum Gasteiger partial charge on any atom is -0.357 e. The van der Waals surface area contributed by atoms with E-state index in [1.54, 1.807) is 16.9 Å². The summed E-state index contributed by atoms with van der Waals surface area (Å²) in [5.74, 6) is 0.0308. The number of amides is 1. The van der Waals surface area contributed by atoms with Crippen LogP contribution in [-0.4, -0.2) is 32.1 Å². The molecule has 0 unspecified atom stereocenters. The molecule has 1 amide bonds. The van der Waals surface area contributed by atoms with Gasteiger partial charge in [-0.1, -0.05) is 23.7 Å². The molecule has 0 spiro atoms. The highest BCUT2D eigenvalue weighted by Crippen LogP contribution is 2.32. The Morgan fingerprint density at radius 3 is 2.96 bits per heavy atom. The van der Waals surface area contributed by atoms with Crippen LogP contribution in [0.25, 0.3) is 10.9 Å². The van der Waals surface area contributed by atoms with Gasteiger partial charge in [0.1, 0.15) is 5.69 Å². The lowest BCUT2D eigenvalue weighted by Gasteiger charge is -2.27. The van der Waals surface area contributed by atoms with E-state index >= 15 is 0 Å². The Bertz CT molecular complexity index is 924. The molecule has 2 aromatic heterocycles. The number of aromatic amines is 1. The molecule has 1 aliphatic rings. The van der Waals surface area contributed by atoms with Crippen molar-refractivity contribution in [2.24, 2.45) is 0 Å². The van der Waals surface area contributed by atoms with E-state index in [0.29, 0.717) is 18.8 Å². The van der Waals surface area contributed by atoms with Crippen LogP contribution in [0.2, 0.25) is 5.02 Å². The highest BCUT2D eigenvalue weighted by Gasteiger charge is 2.27. The maximum Gasteiger partial charge on any atom is 0.272 e. The number of halogens is 1. The van der Waals surface area contributed by atoms with Crippen LogP contribution in [0.15, 0.2) is 30.5 Å². The molecule has 1 aromatic carbocycles. The topological polar surface area (TPSA) is 53.9 Å². The summed E-state index contributed by atoms with van der Waals surface area (Å²) in [4.78, 5) is 18.3. The fourth-order valence-corrected chi connectivity index (χ4v) is 3.65. The number of hydrogen-bond acceptors (Lipinski definition) is 2. The van der Waals surface area contributed by atoms with Gasteiger partial charge in [-0.2, -0.15) is 5.10 Å². The van der Waals surface area contributed by atoms with E-state index in [1.807, 2.05) is 30.9 Å². The summed E-state index contributed by atoms with van der Waals surface area (Å²) in [6.07, 6.45) is 2.50. The monoisotopic (exact) mass is 342 g/mol. The third-order valence-corrected chi connectivity index (χ3v) is 4.94. The molecule has 0 radical (unpaired) electrons. The van der Waals surface area contributed by atoms with Gasteiger partial charge in [-0.25, -0.2) is 0 Å². The molecule has 0 saturated carbocycles. The number of para-hydroxylation sites is 1. The maximum atomic E-state index is 12.9. The summed E-state index contributed by atoms with van der Waals surface area (Å²) < 4.78 is 1.78. The van der Waals surface area contributed by atoms with Crippen LogP contribution in [0.4, 0.5) is 0 Å². The smallest absolute Gasteiger partial charge is 0.272 e. The standard InChI is InChI=1S/C18H19ClN4O/c1-11(2)23-16(6-8-20-23)18(24)22-9-7-15-13(10-22)12-4-3-5-14(19)17(12)21-15/h3-6,8,11,21H,7,9-10H2,1-2H3. The normalized spacial score (nSPS) is 14.4. The summed E-state index contributed by atoms with van der Waals surface area (Å²) in [6.45, 7) is 5.34. The Morgan fingerprint density at radius 1 is 1.33 bits per heavy atom. The first-order valence-corrected chi connectivity index (χ1v) is 8.54. The van der Waals surface area contributed by atoms with Gasteiger partial charge in [0.25, 0.3) is 5.91 Å². The quantitative estimate of drug-likeness (QED) is 0.770. The molecule has 0 atom stereocenters. The number of benzene rings is 1. The van der Waals surface area contributed by atoms with Crippen LogP contribution in [0.3, 0.4) is 0 Å².